The van der Waals surface area contributed by atoms with Gasteiger partial charge in [0.2, 0.25) is 5.82 Å². The summed E-state index contributed by atoms with van der Waals surface area (Å²) in [6.45, 7) is 1.64. The number of hydrogen-bond donors (Lipinski definition) is 1. The third-order valence-electron chi connectivity index (χ3n) is 3.18. The Balaban J connectivity index is 2.11. The van der Waals surface area contributed by atoms with Gasteiger partial charge in [0.15, 0.2) is 0 Å². The molecular weight excluding hydrogens is 236 g/mol. The number of piperidine rings is 1. The Hall–Kier alpha value is -1.89. The van der Waals surface area contributed by atoms with Crippen LogP contribution >= 0.6 is 0 Å². The van der Waals surface area contributed by atoms with Crippen molar-refractivity contribution in [1.82, 2.24) is 4.98 Å². The largest absolute Gasteiger partial charge is 0.381 e. The van der Waals surface area contributed by atoms with Gasteiger partial charge in [-0.25, -0.2) is 4.98 Å². The quantitative estimate of drug-likeness (QED) is 0.641. The highest BCUT2D eigenvalue weighted by Crippen LogP contribution is 2.25. The lowest BCUT2D eigenvalue weighted by molar-refractivity contribution is -0.384. The summed E-state index contributed by atoms with van der Waals surface area (Å²) in [5, 5.41) is 10.6. The minimum absolute atomic E-state index is 0.0358. The molecule has 1 aliphatic rings. The lowest BCUT2D eigenvalue weighted by atomic mass is 10.1. The summed E-state index contributed by atoms with van der Waals surface area (Å²) in [5.74, 6) is 0.652. The van der Waals surface area contributed by atoms with Crippen molar-refractivity contribution in [3.63, 3.8) is 0 Å². The number of anilines is 2. The lowest BCUT2D eigenvalue weighted by Crippen LogP contribution is -2.37. The molecule has 0 radical (unpaired) electrons. The topological polar surface area (TPSA) is 94.5 Å². The average molecular weight is 252 g/mol. The molecule has 0 aliphatic carbocycles. The molecule has 98 valence electrons. The second kappa shape index (κ2) is 5.18. The first-order valence-corrected chi connectivity index (χ1v) is 5.80. The van der Waals surface area contributed by atoms with Crippen molar-refractivity contribution in [2.45, 2.75) is 18.9 Å². The molecule has 7 heteroatoms. The van der Waals surface area contributed by atoms with Gasteiger partial charge in [0.1, 0.15) is 5.82 Å². The highest BCUT2D eigenvalue weighted by atomic mass is 16.6. The molecule has 18 heavy (non-hydrogen) atoms. The predicted octanol–water partition coefficient (Wildman–Crippen LogP) is 1.19. The van der Waals surface area contributed by atoms with Crippen LogP contribution in [0.3, 0.4) is 0 Å². The van der Waals surface area contributed by atoms with Crippen LogP contribution in [0, 0.1) is 10.1 Å². The number of nitrogen functional groups attached to an aromatic ring is 1. The van der Waals surface area contributed by atoms with Gasteiger partial charge in [-0.1, -0.05) is 0 Å². The van der Waals surface area contributed by atoms with E-state index in [4.69, 9.17) is 10.5 Å². The SMILES string of the molecule is COC1CCN(c2ccc([N+](=O)[O-])c(N)n2)CC1. The standard InChI is InChI=1S/C11H16N4O3/c1-18-8-4-6-14(7-5-8)10-3-2-9(15(16)17)11(12)13-10/h2-3,8H,4-7H2,1H3,(H2,12,13). The number of nitro groups is 1. The minimum Gasteiger partial charge on any atom is -0.381 e. The van der Waals surface area contributed by atoms with Crippen molar-refractivity contribution in [2.75, 3.05) is 30.8 Å². The Morgan fingerprint density at radius 2 is 2.17 bits per heavy atom. The molecule has 0 atom stereocenters. The Kier molecular flexibility index (Phi) is 3.61. The van der Waals surface area contributed by atoms with Gasteiger partial charge in [-0.2, -0.15) is 0 Å². The number of rotatable bonds is 3. The summed E-state index contributed by atoms with van der Waals surface area (Å²) in [5.41, 5.74) is 5.43. The summed E-state index contributed by atoms with van der Waals surface area (Å²) < 4.78 is 5.29. The first-order chi connectivity index (χ1) is 8.61. The maximum absolute atomic E-state index is 10.6. The number of nitrogens with two attached hydrogens (primary N) is 1. The molecule has 1 aromatic rings. The van der Waals surface area contributed by atoms with Crippen LogP contribution in [-0.4, -0.2) is 36.2 Å². The van der Waals surface area contributed by atoms with Crippen LogP contribution in [0.25, 0.3) is 0 Å². The summed E-state index contributed by atoms with van der Waals surface area (Å²) in [6, 6.07) is 3.04. The molecule has 7 nitrogen and oxygen atoms in total. The van der Waals surface area contributed by atoms with Crippen LogP contribution in [0.15, 0.2) is 12.1 Å². The van der Waals surface area contributed by atoms with E-state index >= 15 is 0 Å². The zero-order valence-corrected chi connectivity index (χ0v) is 10.2. The maximum atomic E-state index is 10.6. The van der Waals surface area contributed by atoms with E-state index in [1.165, 1.54) is 6.07 Å². The molecule has 0 amide bonds. The van der Waals surface area contributed by atoms with Gasteiger partial charge in [0.05, 0.1) is 11.0 Å². The van der Waals surface area contributed by atoms with E-state index in [2.05, 4.69) is 9.88 Å². The Morgan fingerprint density at radius 1 is 1.50 bits per heavy atom. The normalized spacial score (nSPS) is 16.8. The van der Waals surface area contributed by atoms with E-state index in [0.29, 0.717) is 5.82 Å². The second-order valence-corrected chi connectivity index (χ2v) is 4.25. The molecule has 1 saturated heterocycles. The molecule has 0 aromatic carbocycles. The molecule has 0 unspecified atom stereocenters. The average Bonchev–Trinajstić information content (AvgIpc) is 2.38. The maximum Gasteiger partial charge on any atom is 0.311 e. The van der Waals surface area contributed by atoms with Crippen molar-refractivity contribution < 1.29 is 9.66 Å². The minimum atomic E-state index is -0.525. The predicted molar refractivity (Wildman–Crippen MR) is 67.5 cm³/mol. The fraction of sp³-hybridized carbons (Fsp3) is 0.545. The second-order valence-electron chi connectivity index (χ2n) is 4.25. The Bertz CT molecular complexity index is 444. The molecular formula is C11H16N4O3. The van der Waals surface area contributed by atoms with E-state index in [-0.39, 0.29) is 17.6 Å². The van der Waals surface area contributed by atoms with E-state index in [1.807, 2.05) is 0 Å². The van der Waals surface area contributed by atoms with E-state index in [9.17, 15) is 10.1 Å². The molecule has 2 N–H and O–H groups in total. The van der Waals surface area contributed by atoms with E-state index < -0.39 is 4.92 Å². The Labute approximate surface area is 105 Å². The van der Waals surface area contributed by atoms with Gasteiger partial charge in [0.25, 0.3) is 0 Å². The molecule has 1 fully saturated rings. The number of hydrogen-bond acceptors (Lipinski definition) is 6. The van der Waals surface area contributed by atoms with Crippen molar-refractivity contribution in [3.8, 4) is 0 Å². The number of methoxy groups -OCH3 is 1. The van der Waals surface area contributed by atoms with Crippen molar-refractivity contribution in [3.05, 3.63) is 22.2 Å². The summed E-state index contributed by atoms with van der Waals surface area (Å²) in [4.78, 5) is 16.3. The summed E-state index contributed by atoms with van der Waals surface area (Å²) in [7, 11) is 1.71. The smallest absolute Gasteiger partial charge is 0.311 e. The molecule has 2 rings (SSSR count). The van der Waals surface area contributed by atoms with Crippen molar-refractivity contribution >= 4 is 17.3 Å². The van der Waals surface area contributed by atoms with Gasteiger partial charge in [0, 0.05) is 26.3 Å². The third-order valence-corrected chi connectivity index (χ3v) is 3.18. The fourth-order valence-electron chi connectivity index (χ4n) is 2.11. The van der Waals surface area contributed by atoms with Crippen molar-refractivity contribution in [2.24, 2.45) is 0 Å². The first kappa shape index (κ1) is 12.6. The molecule has 1 aromatic heterocycles. The third kappa shape index (κ3) is 2.51. The van der Waals surface area contributed by atoms with Gasteiger partial charge < -0.3 is 15.4 Å². The van der Waals surface area contributed by atoms with Crippen LogP contribution in [-0.2, 0) is 4.74 Å². The molecule has 2 heterocycles. The molecule has 0 saturated carbocycles. The van der Waals surface area contributed by atoms with Crippen LogP contribution < -0.4 is 10.6 Å². The van der Waals surface area contributed by atoms with Gasteiger partial charge in [-0.05, 0) is 18.9 Å². The monoisotopic (exact) mass is 252 g/mol. The van der Waals surface area contributed by atoms with Crippen LogP contribution in [0.4, 0.5) is 17.3 Å². The fourth-order valence-corrected chi connectivity index (χ4v) is 2.11. The van der Waals surface area contributed by atoms with E-state index in [1.54, 1.807) is 13.2 Å². The number of pyridine rings is 1. The van der Waals surface area contributed by atoms with Gasteiger partial charge in [-0.15, -0.1) is 0 Å². The first-order valence-electron chi connectivity index (χ1n) is 5.80. The zero-order chi connectivity index (χ0) is 13.1. The van der Waals surface area contributed by atoms with E-state index in [0.717, 1.165) is 25.9 Å². The molecule has 1 aliphatic heterocycles. The van der Waals surface area contributed by atoms with Gasteiger partial charge in [-0.3, -0.25) is 10.1 Å². The van der Waals surface area contributed by atoms with Crippen LogP contribution in [0.2, 0.25) is 0 Å². The van der Waals surface area contributed by atoms with Crippen LogP contribution in [0.1, 0.15) is 12.8 Å². The molecule has 0 spiro atoms. The number of ether oxygens (including phenoxy) is 1. The van der Waals surface area contributed by atoms with Crippen molar-refractivity contribution in [1.29, 1.82) is 0 Å². The number of aromatic nitrogens is 1. The lowest BCUT2D eigenvalue weighted by Gasteiger charge is -2.32. The van der Waals surface area contributed by atoms with Crippen LogP contribution in [0.5, 0.6) is 0 Å². The highest BCUT2D eigenvalue weighted by Gasteiger charge is 2.21. The zero-order valence-electron chi connectivity index (χ0n) is 10.2. The molecule has 0 bridgehead atoms. The summed E-state index contributed by atoms with van der Waals surface area (Å²) >= 11 is 0. The highest BCUT2D eigenvalue weighted by molar-refractivity contribution is 5.58. The number of nitrogens with zero attached hydrogens (tertiary/aromatic N) is 3. The summed E-state index contributed by atoms with van der Waals surface area (Å²) in [6.07, 6.45) is 2.14. The Morgan fingerprint density at radius 3 is 2.67 bits per heavy atom. The van der Waals surface area contributed by atoms with Gasteiger partial charge >= 0.3 is 5.69 Å².